The zero-order valence-electron chi connectivity index (χ0n) is 11.0. The largest absolute Gasteiger partial charge is 0.433 e. The summed E-state index contributed by atoms with van der Waals surface area (Å²) in [6.45, 7) is 2.10. The molecule has 0 fully saturated rings. The number of hydrogen-bond donors (Lipinski definition) is 2. The number of anilines is 1. The first-order chi connectivity index (χ1) is 9.81. The highest BCUT2D eigenvalue weighted by Crippen LogP contribution is 2.32. The number of alkyl halides is 3. The lowest BCUT2D eigenvalue weighted by molar-refractivity contribution is -0.141. The molecular formula is C10H11F3N6OS. The molecule has 7 nitrogen and oxygen atoms in total. The van der Waals surface area contributed by atoms with Gasteiger partial charge in [-0.3, -0.25) is 4.57 Å². The van der Waals surface area contributed by atoms with E-state index in [1.54, 1.807) is 6.92 Å². The molecule has 0 saturated carbocycles. The van der Waals surface area contributed by atoms with Crippen molar-refractivity contribution in [2.45, 2.75) is 23.3 Å². The van der Waals surface area contributed by atoms with E-state index in [2.05, 4.69) is 25.5 Å². The van der Waals surface area contributed by atoms with Gasteiger partial charge < -0.3 is 5.32 Å². The van der Waals surface area contributed by atoms with Gasteiger partial charge >= 0.3 is 11.9 Å². The zero-order valence-corrected chi connectivity index (χ0v) is 11.8. The van der Waals surface area contributed by atoms with Crippen molar-refractivity contribution in [1.29, 1.82) is 0 Å². The maximum atomic E-state index is 12.8. The van der Waals surface area contributed by atoms with E-state index in [1.807, 2.05) is 0 Å². The number of halogens is 3. The van der Waals surface area contributed by atoms with E-state index in [0.29, 0.717) is 6.54 Å². The number of hydrogen-bond acceptors (Lipinski definition) is 6. The Bertz CT molecular complexity index is 695. The SMILES string of the molecule is CCNc1nc(Sc2n[nH]c(=O)n2C)cc(C(F)(F)F)n1. The lowest BCUT2D eigenvalue weighted by Gasteiger charge is -2.10. The number of rotatable bonds is 4. The topological polar surface area (TPSA) is 88.5 Å². The predicted octanol–water partition coefficient (Wildman–Crippen LogP) is 1.50. The normalized spacial score (nSPS) is 11.7. The van der Waals surface area contributed by atoms with Crippen molar-refractivity contribution in [2.24, 2.45) is 7.05 Å². The van der Waals surface area contributed by atoms with Crippen LogP contribution in [-0.4, -0.2) is 31.3 Å². The van der Waals surface area contributed by atoms with Gasteiger partial charge in [0.05, 0.1) is 0 Å². The van der Waals surface area contributed by atoms with Crippen LogP contribution in [0.3, 0.4) is 0 Å². The van der Waals surface area contributed by atoms with E-state index in [9.17, 15) is 18.0 Å². The average molecular weight is 320 g/mol. The molecule has 0 bridgehead atoms. The number of nitrogens with zero attached hydrogens (tertiary/aromatic N) is 4. The summed E-state index contributed by atoms with van der Waals surface area (Å²) >= 11 is 0.835. The minimum absolute atomic E-state index is 0.0374. The van der Waals surface area contributed by atoms with Crippen LogP contribution in [0.2, 0.25) is 0 Å². The van der Waals surface area contributed by atoms with E-state index in [4.69, 9.17) is 0 Å². The number of aromatic amines is 1. The van der Waals surface area contributed by atoms with Gasteiger partial charge in [0.25, 0.3) is 0 Å². The van der Waals surface area contributed by atoms with Gasteiger partial charge in [-0.1, -0.05) is 0 Å². The molecule has 0 atom stereocenters. The first-order valence-electron chi connectivity index (χ1n) is 5.80. The Kier molecular flexibility index (Phi) is 4.21. The van der Waals surface area contributed by atoms with Crippen LogP contribution in [0.15, 0.2) is 21.0 Å². The molecule has 2 rings (SSSR count). The second-order valence-corrected chi connectivity index (χ2v) is 4.90. The highest BCUT2D eigenvalue weighted by Gasteiger charge is 2.34. The van der Waals surface area contributed by atoms with Crippen molar-refractivity contribution in [3.8, 4) is 0 Å². The quantitative estimate of drug-likeness (QED) is 0.830. The Morgan fingerprint density at radius 2 is 2.14 bits per heavy atom. The molecular weight excluding hydrogens is 309 g/mol. The highest BCUT2D eigenvalue weighted by atomic mass is 32.2. The Morgan fingerprint density at radius 1 is 1.43 bits per heavy atom. The average Bonchev–Trinajstić information content (AvgIpc) is 2.70. The maximum absolute atomic E-state index is 12.8. The Balaban J connectivity index is 2.40. The summed E-state index contributed by atoms with van der Waals surface area (Å²) < 4.78 is 39.6. The molecule has 0 aliphatic carbocycles. The summed E-state index contributed by atoms with van der Waals surface area (Å²) in [6.07, 6.45) is -4.58. The molecule has 114 valence electrons. The first kappa shape index (κ1) is 15.4. The fraction of sp³-hybridized carbons (Fsp3) is 0.400. The van der Waals surface area contributed by atoms with Crippen molar-refractivity contribution in [3.63, 3.8) is 0 Å². The molecule has 21 heavy (non-hydrogen) atoms. The molecule has 2 aromatic heterocycles. The molecule has 0 radical (unpaired) electrons. The number of nitrogens with one attached hydrogen (secondary N) is 2. The molecule has 0 aromatic carbocycles. The van der Waals surface area contributed by atoms with E-state index in [-0.39, 0.29) is 16.1 Å². The number of H-pyrrole nitrogens is 1. The maximum Gasteiger partial charge on any atom is 0.433 e. The number of aromatic nitrogens is 5. The monoisotopic (exact) mass is 320 g/mol. The molecule has 0 amide bonds. The summed E-state index contributed by atoms with van der Waals surface area (Å²) in [4.78, 5) is 18.6. The molecule has 0 spiro atoms. The van der Waals surface area contributed by atoms with E-state index in [0.717, 1.165) is 17.8 Å². The predicted molar refractivity (Wildman–Crippen MR) is 69.1 cm³/mol. The van der Waals surface area contributed by atoms with Crippen molar-refractivity contribution >= 4 is 17.7 Å². The van der Waals surface area contributed by atoms with Crippen LogP contribution in [0.25, 0.3) is 0 Å². The van der Waals surface area contributed by atoms with Gasteiger partial charge in [0, 0.05) is 19.7 Å². The van der Waals surface area contributed by atoms with E-state index in [1.165, 1.54) is 11.6 Å². The van der Waals surface area contributed by atoms with E-state index >= 15 is 0 Å². The van der Waals surface area contributed by atoms with Crippen LogP contribution < -0.4 is 11.0 Å². The van der Waals surface area contributed by atoms with Crippen LogP contribution in [0, 0.1) is 0 Å². The minimum Gasteiger partial charge on any atom is -0.354 e. The van der Waals surface area contributed by atoms with Crippen molar-refractivity contribution in [2.75, 3.05) is 11.9 Å². The second-order valence-electron chi connectivity index (χ2n) is 3.92. The molecule has 0 saturated heterocycles. The molecule has 2 aromatic rings. The third-order valence-corrected chi connectivity index (χ3v) is 3.33. The van der Waals surface area contributed by atoms with Gasteiger partial charge in [0.2, 0.25) is 5.95 Å². The second kappa shape index (κ2) is 5.76. The molecule has 2 heterocycles. The van der Waals surface area contributed by atoms with Crippen molar-refractivity contribution in [1.82, 2.24) is 24.7 Å². The third kappa shape index (κ3) is 3.54. The van der Waals surface area contributed by atoms with Crippen LogP contribution in [-0.2, 0) is 13.2 Å². The zero-order chi connectivity index (χ0) is 15.6. The molecule has 0 aliphatic heterocycles. The summed E-state index contributed by atoms with van der Waals surface area (Å²) in [7, 11) is 1.45. The smallest absolute Gasteiger partial charge is 0.354 e. The summed E-state index contributed by atoms with van der Waals surface area (Å²) in [5.41, 5.74) is -1.52. The molecule has 0 unspecified atom stereocenters. The van der Waals surface area contributed by atoms with Crippen LogP contribution in [0.4, 0.5) is 19.1 Å². The summed E-state index contributed by atoms with van der Waals surface area (Å²) in [5, 5.41) is 8.78. The van der Waals surface area contributed by atoms with Crippen LogP contribution in [0.1, 0.15) is 12.6 Å². The Labute approximate surface area is 121 Å². The first-order valence-corrected chi connectivity index (χ1v) is 6.62. The van der Waals surface area contributed by atoms with Crippen molar-refractivity contribution in [3.05, 3.63) is 22.2 Å². The Morgan fingerprint density at radius 3 is 2.67 bits per heavy atom. The Hall–Kier alpha value is -2.04. The third-order valence-electron chi connectivity index (χ3n) is 2.36. The van der Waals surface area contributed by atoms with Crippen molar-refractivity contribution < 1.29 is 13.2 Å². The van der Waals surface area contributed by atoms with Gasteiger partial charge in [-0.05, 0) is 18.7 Å². The van der Waals surface area contributed by atoms with Gasteiger partial charge in [-0.15, -0.1) is 5.10 Å². The van der Waals surface area contributed by atoms with E-state index < -0.39 is 17.6 Å². The van der Waals surface area contributed by atoms with Gasteiger partial charge in [-0.2, -0.15) is 13.2 Å². The van der Waals surface area contributed by atoms with Gasteiger partial charge in [-0.25, -0.2) is 19.9 Å². The summed E-state index contributed by atoms with van der Waals surface area (Å²) in [6, 6.07) is 0.810. The van der Waals surface area contributed by atoms with Crippen LogP contribution >= 0.6 is 11.8 Å². The van der Waals surface area contributed by atoms with Gasteiger partial charge in [0.1, 0.15) is 5.03 Å². The highest BCUT2D eigenvalue weighted by molar-refractivity contribution is 7.99. The minimum atomic E-state index is -4.58. The summed E-state index contributed by atoms with van der Waals surface area (Å²) in [5.74, 6) is -0.129. The van der Waals surface area contributed by atoms with Crippen LogP contribution in [0.5, 0.6) is 0 Å². The lowest BCUT2D eigenvalue weighted by Crippen LogP contribution is -2.14. The molecule has 2 N–H and O–H groups in total. The molecule has 0 aliphatic rings. The fourth-order valence-corrected chi connectivity index (χ4v) is 2.18. The molecule has 11 heteroatoms. The fourth-order valence-electron chi connectivity index (χ4n) is 1.38. The standard InChI is InChI=1S/C10H11F3N6OS/c1-3-14-7-15-5(10(11,12)13)4-6(16-7)21-9-18-17-8(20)19(9)2/h4H,3H2,1-2H3,(H,17,20)(H,14,15,16). The lowest BCUT2D eigenvalue weighted by atomic mass is 10.4. The van der Waals surface area contributed by atoms with Gasteiger partial charge in [0.15, 0.2) is 10.9 Å².